The Morgan fingerprint density at radius 3 is 2.72 bits per heavy atom. The van der Waals surface area contributed by atoms with E-state index in [9.17, 15) is 9.59 Å². The van der Waals surface area contributed by atoms with Gasteiger partial charge in [0.1, 0.15) is 0 Å². The SMILES string of the molecule is COC(=O)c1ccn(CSc2nc3ccccc3c(=O)n2CCCn2cc(Cl)c(C)n2)n1. The van der Waals surface area contributed by atoms with Crippen molar-refractivity contribution in [3.8, 4) is 0 Å². The monoisotopic (exact) mass is 472 g/mol. The molecule has 166 valence electrons. The van der Waals surface area contributed by atoms with E-state index in [4.69, 9.17) is 21.3 Å². The first-order valence-corrected chi connectivity index (χ1v) is 11.3. The molecule has 0 atom stereocenters. The highest BCUT2D eigenvalue weighted by Crippen LogP contribution is 2.20. The zero-order valence-electron chi connectivity index (χ0n) is 17.6. The van der Waals surface area contributed by atoms with Gasteiger partial charge in [0.25, 0.3) is 5.56 Å². The van der Waals surface area contributed by atoms with Crippen molar-refractivity contribution < 1.29 is 9.53 Å². The number of rotatable bonds is 8. The number of carbonyl (C=O) groups excluding carboxylic acids is 1. The van der Waals surface area contributed by atoms with Crippen molar-refractivity contribution in [3.05, 3.63) is 69.5 Å². The molecule has 0 saturated heterocycles. The summed E-state index contributed by atoms with van der Waals surface area (Å²) in [7, 11) is 1.31. The molecule has 0 spiro atoms. The van der Waals surface area contributed by atoms with Crippen molar-refractivity contribution >= 4 is 40.2 Å². The molecule has 0 bridgehead atoms. The van der Waals surface area contributed by atoms with Gasteiger partial charge in [-0.05, 0) is 31.5 Å². The number of carbonyl (C=O) groups is 1. The zero-order valence-corrected chi connectivity index (χ0v) is 19.1. The van der Waals surface area contributed by atoms with Crippen LogP contribution in [0.2, 0.25) is 5.02 Å². The van der Waals surface area contributed by atoms with Crippen LogP contribution in [0.3, 0.4) is 0 Å². The van der Waals surface area contributed by atoms with Crippen molar-refractivity contribution in [2.45, 2.75) is 37.5 Å². The highest BCUT2D eigenvalue weighted by Gasteiger charge is 2.14. The molecule has 0 aliphatic carbocycles. The van der Waals surface area contributed by atoms with Gasteiger partial charge >= 0.3 is 5.97 Å². The maximum Gasteiger partial charge on any atom is 0.358 e. The molecule has 4 aromatic rings. The summed E-state index contributed by atoms with van der Waals surface area (Å²) in [6, 6.07) is 8.87. The summed E-state index contributed by atoms with van der Waals surface area (Å²) in [6.45, 7) is 2.95. The van der Waals surface area contributed by atoms with Gasteiger partial charge < -0.3 is 4.74 Å². The van der Waals surface area contributed by atoms with Crippen LogP contribution in [-0.4, -0.2) is 42.2 Å². The fraction of sp³-hybridized carbons (Fsp3) is 0.286. The van der Waals surface area contributed by atoms with E-state index in [1.807, 2.05) is 25.1 Å². The number of esters is 1. The van der Waals surface area contributed by atoms with Crippen molar-refractivity contribution in [2.24, 2.45) is 0 Å². The number of ether oxygens (including phenoxy) is 1. The number of aryl methyl sites for hydroxylation is 2. The molecule has 0 aliphatic heterocycles. The van der Waals surface area contributed by atoms with Gasteiger partial charge in [0.2, 0.25) is 0 Å². The van der Waals surface area contributed by atoms with Crippen LogP contribution in [0.4, 0.5) is 0 Å². The highest BCUT2D eigenvalue weighted by molar-refractivity contribution is 7.98. The van der Waals surface area contributed by atoms with E-state index in [1.54, 1.807) is 38.5 Å². The third-order valence-corrected chi connectivity index (χ3v) is 6.18. The molecule has 0 radical (unpaired) electrons. The number of benzene rings is 1. The Labute approximate surface area is 193 Å². The number of hydrogen-bond donors (Lipinski definition) is 0. The quantitative estimate of drug-likeness (QED) is 0.220. The predicted molar refractivity (Wildman–Crippen MR) is 122 cm³/mol. The maximum absolute atomic E-state index is 13.2. The third-order valence-electron chi connectivity index (χ3n) is 4.84. The van der Waals surface area contributed by atoms with Crippen LogP contribution in [0.5, 0.6) is 0 Å². The number of aromatic nitrogens is 6. The summed E-state index contributed by atoms with van der Waals surface area (Å²) < 4.78 is 9.75. The van der Waals surface area contributed by atoms with E-state index >= 15 is 0 Å². The average molecular weight is 473 g/mol. The van der Waals surface area contributed by atoms with Gasteiger partial charge in [-0.1, -0.05) is 35.5 Å². The Kier molecular flexibility index (Phi) is 6.61. The number of fused-ring (bicyclic) bond motifs is 1. The summed E-state index contributed by atoms with van der Waals surface area (Å²) >= 11 is 7.45. The Morgan fingerprint density at radius 1 is 1.16 bits per heavy atom. The van der Waals surface area contributed by atoms with Crippen LogP contribution < -0.4 is 5.56 Å². The van der Waals surface area contributed by atoms with Crippen LogP contribution >= 0.6 is 23.4 Å². The lowest BCUT2D eigenvalue weighted by atomic mass is 10.2. The summed E-state index contributed by atoms with van der Waals surface area (Å²) in [5.74, 6) is -0.112. The first-order valence-electron chi connectivity index (χ1n) is 9.90. The fourth-order valence-corrected chi connectivity index (χ4v) is 4.26. The fourth-order valence-electron chi connectivity index (χ4n) is 3.22. The second-order valence-electron chi connectivity index (χ2n) is 7.05. The second-order valence-corrected chi connectivity index (χ2v) is 8.37. The zero-order chi connectivity index (χ0) is 22.7. The van der Waals surface area contributed by atoms with Gasteiger partial charge in [-0.15, -0.1) is 0 Å². The Bertz CT molecular complexity index is 1310. The molecule has 3 aromatic heterocycles. The maximum atomic E-state index is 13.2. The van der Waals surface area contributed by atoms with Crippen LogP contribution in [0.15, 0.2) is 52.7 Å². The number of thioether (sulfide) groups is 1. The topological polar surface area (TPSA) is 96.8 Å². The van der Waals surface area contributed by atoms with Gasteiger partial charge in [0.15, 0.2) is 10.9 Å². The molecule has 9 nitrogen and oxygen atoms in total. The summed E-state index contributed by atoms with van der Waals surface area (Å²) in [5, 5.41) is 10.3. The van der Waals surface area contributed by atoms with E-state index in [2.05, 4.69) is 10.2 Å². The lowest BCUT2D eigenvalue weighted by molar-refractivity contribution is 0.0593. The van der Waals surface area contributed by atoms with Crippen LogP contribution in [-0.2, 0) is 23.7 Å². The largest absolute Gasteiger partial charge is 0.464 e. The molecule has 0 unspecified atom stereocenters. The van der Waals surface area contributed by atoms with Gasteiger partial charge in [0.05, 0.1) is 34.6 Å². The Balaban J connectivity index is 1.56. The van der Waals surface area contributed by atoms with Crippen LogP contribution in [0.25, 0.3) is 10.9 Å². The molecule has 0 amide bonds. The standard InChI is InChI=1S/C21H21ClN6O3S/c1-14-16(22)12-26(24-14)9-5-10-28-19(29)15-6-3-4-7-17(15)23-21(28)32-13-27-11-8-18(25-27)20(30)31-2/h3-4,6-8,11-12H,5,9-10,13H2,1-2H3. The smallest absolute Gasteiger partial charge is 0.358 e. The molecular formula is C21H21ClN6O3S. The summed E-state index contributed by atoms with van der Waals surface area (Å²) in [4.78, 5) is 29.5. The number of hydrogen-bond acceptors (Lipinski definition) is 7. The molecule has 0 fully saturated rings. The number of methoxy groups -OCH3 is 1. The minimum Gasteiger partial charge on any atom is -0.464 e. The lowest BCUT2D eigenvalue weighted by Crippen LogP contribution is -2.24. The number of nitrogens with zero attached hydrogens (tertiary/aromatic N) is 6. The minimum absolute atomic E-state index is 0.0940. The van der Waals surface area contributed by atoms with Gasteiger partial charge in [0, 0.05) is 25.5 Å². The first-order chi connectivity index (χ1) is 15.5. The van der Waals surface area contributed by atoms with Gasteiger partial charge in [-0.2, -0.15) is 10.2 Å². The number of halogens is 1. The number of para-hydroxylation sites is 1. The molecule has 4 rings (SSSR count). The molecule has 32 heavy (non-hydrogen) atoms. The van der Waals surface area contributed by atoms with Crippen LogP contribution in [0.1, 0.15) is 22.6 Å². The van der Waals surface area contributed by atoms with Crippen molar-refractivity contribution in [1.29, 1.82) is 0 Å². The third kappa shape index (κ3) is 4.71. The first kappa shape index (κ1) is 22.1. The van der Waals surface area contributed by atoms with Crippen LogP contribution in [0, 0.1) is 6.92 Å². The highest BCUT2D eigenvalue weighted by atomic mass is 35.5. The Hall–Kier alpha value is -3.11. The van der Waals surface area contributed by atoms with E-state index < -0.39 is 5.97 Å². The average Bonchev–Trinajstić information content (AvgIpc) is 3.39. The summed E-state index contributed by atoms with van der Waals surface area (Å²) in [6.07, 6.45) is 4.15. The van der Waals surface area contributed by atoms with Crippen molar-refractivity contribution in [1.82, 2.24) is 29.1 Å². The molecular weight excluding hydrogens is 452 g/mol. The molecule has 0 saturated carbocycles. The van der Waals surface area contributed by atoms with E-state index in [1.165, 1.54) is 18.9 Å². The molecule has 0 aliphatic rings. The summed E-state index contributed by atoms with van der Waals surface area (Å²) in [5.41, 5.74) is 1.55. The minimum atomic E-state index is -0.497. The molecule has 0 N–H and O–H groups in total. The van der Waals surface area contributed by atoms with Gasteiger partial charge in [-0.25, -0.2) is 9.78 Å². The van der Waals surface area contributed by atoms with E-state index in [-0.39, 0.29) is 11.3 Å². The van der Waals surface area contributed by atoms with Crippen molar-refractivity contribution in [2.75, 3.05) is 7.11 Å². The van der Waals surface area contributed by atoms with Crippen molar-refractivity contribution in [3.63, 3.8) is 0 Å². The molecule has 11 heteroatoms. The second kappa shape index (κ2) is 9.58. The predicted octanol–water partition coefficient (Wildman–Crippen LogP) is 3.38. The van der Waals surface area contributed by atoms with Gasteiger partial charge in [-0.3, -0.25) is 18.7 Å². The van der Waals surface area contributed by atoms with E-state index in [0.29, 0.717) is 46.5 Å². The normalized spacial score (nSPS) is 11.2. The molecule has 1 aromatic carbocycles. The Morgan fingerprint density at radius 2 is 1.97 bits per heavy atom. The van der Waals surface area contributed by atoms with E-state index in [0.717, 1.165) is 5.69 Å². The lowest BCUT2D eigenvalue weighted by Gasteiger charge is -2.13. The molecule has 3 heterocycles.